The molecule has 2 rings (SSSR count). The van der Waals surface area contributed by atoms with E-state index >= 15 is 0 Å². The van der Waals surface area contributed by atoms with Crippen molar-refractivity contribution >= 4 is 12.2 Å². The molecule has 0 bridgehead atoms. The van der Waals surface area contributed by atoms with Crippen molar-refractivity contribution in [2.45, 2.75) is 90.5 Å². The highest BCUT2D eigenvalue weighted by Crippen LogP contribution is 2.34. The lowest BCUT2D eigenvalue weighted by Gasteiger charge is -2.33. The molecule has 1 saturated carbocycles. The van der Waals surface area contributed by atoms with Gasteiger partial charge in [-0.1, -0.05) is 12.8 Å². The molecule has 1 saturated heterocycles. The second kappa shape index (κ2) is 6.21. The summed E-state index contributed by atoms with van der Waals surface area (Å²) in [6, 6.07) is -0.354. The molecule has 0 radical (unpaired) electrons. The maximum Gasteiger partial charge on any atom is 0.412 e. The van der Waals surface area contributed by atoms with E-state index in [2.05, 4.69) is 0 Å². The normalized spacial score (nSPS) is 26.6. The minimum atomic E-state index is -1.11. The zero-order valence-electron chi connectivity index (χ0n) is 16.1. The molecule has 0 aromatic rings. The summed E-state index contributed by atoms with van der Waals surface area (Å²) in [4.78, 5) is 28.0. The summed E-state index contributed by atoms with van der Waals surface area (Å²) in [5.74, 6) is 0. The van der Waals surface area contributed by atoms with Gasteiger partial charge < -0.3 is 9.47 Å². The third-order valence-electron chi connectivity index (χ3n) is 3.87. The van der Waals surface area contributed by atoms with Crippen LogP contribution in [0.3, 0.4) is 0 Å². The molecule has 2 amide bonds. The van der Waals surface area contributed by atoms with Gasteiger partial charge in [-0.25, -0.2) is 9.59 Å². The Hall–Kier alpha value is -1.46. The van der Waals surface area contributed by atoms with Gasteiger partial charge >= 0.3 is 12.2 Å². The van der Waals surface area contributed by atoms with Gasteiger partial charge in [0.25, 0.3) is 0 Å². The Morgan fingerprint density at radius 3 is 1.52 bits per heavy atom. The van der Waals surface area contributed by atoms with Crippen LogP contribution in [0.15, 0.2) is 0 Å². The van der Waals surface area contributed by atoms with E-state index in [1.54, 1.807) is 41.5 Å². The monoisotopic (exact) mass is 327 g/mol. The largest absolute Gasteiger partial charge is 0.444 e. The Bertz CT molecular complexity index is 454. The Labute approximate surface area is 140 Å². The molecule has 1 aliphatic carbocycles. The molecule has 1 aliphatic heterocycles. The summed E-state index contributed by atoms with van der Waals surface area (Å²) in [7, 11) is 0. The zero-order chi connectivity index (χ0) is 18.3. The summed E-state index contributed by atoms with van der Waals surface area (Å²) in [5, 5.41) is 0. The minimum absolute atomic E-state index is 0.177. The average molecular weight is 327 g/mol. The molecule has 2 fully saturated rings. The maximum absolute atomic E-state index is 12.6. The van der Waals surface area contributed by atoms with Gasteiger partial charge in [-0.2, -0.15) is 0 Å². The number of hydrogen-bond acceptors (Lipinski definition) is 4. The van der Waals surface area contributed by atoms with E-state index in [0.717, 1.165) is 25.7 Å². The molecule has 23 heavy (non-hydrogen) atoms. The first kappa shape index (κ1) is 16.4. The van der Waals surface area contributed by atoms with Gasteiger partial charge in [-0.3, -0.25) is 9.80 Å². The highest BCUT2D eigenvalue weighted by molar-refractivity contribution is 5.73. The number of carbonyl (C=O) groups excluding carboxylic acids is 2. The fourth-order valence-corrected chi connectivity index (χ4v) is 3.04. The fourth-order valence-electron chi connectivity index (χ4n) is 3.04. The number of hydrogen-bond donors (Lipinski definition) is 0. The number of nitrogens with zero attached hydrogens (tertiary/aromatic N) is 2. The van der Waals surface area contributed by atoms with E-state index in [1.165, 1.54) is 9.80 Å². The predicted molar refractivity (Wildman–Crippen MR) is 87.1 cm³/mol. The fraction of sp³-hybridized carbons (Fsp3) is 0.882. The smallest absolute Gasteiger partial charge is 0.412 e. The summed E-state index contributed by atoms with van der Waals surface area (Å²) < 4.78 is 19.4. The van der Waals surface area contributed by atoms with Crippen LogP contribution in [0.2, 0.25) is 0 Å². The highest BCUT2D eigenvalue weighted by Gasteiger charge is 2.47. The van der Waals surface area contributed by atoms with Gasteiger partial charge in [0, 0.05) is 0 Å². The lowest BCUT2D eigenvalue weighted by molar-refractivity contribution is 0.0137. The Kier molecular flexibility index (Phi) is 4.43. The molecule has 132 valence electrons. The van der Waals surface area contributed by atoms with Crippen molar-refractivity contribution in [1.29, 1.82) is 0 Å². The van der Waals surface area contributed by atoms with Gasteiger partial charge in [-0.05, 0) is 54.4 Å². The summed E-state index contributed by atoms with van der Waals surface area (Å²) in [5.41, 5.74) is -1.28. The van der Waals surface area contributed by atoms with E-state index in [-0.39, 0.29) is 12.1 Å². The van der Waals surface area contributed by atoms with Crippen molar-refractivity contribution in [1.82, 2.24) is 9.80 Å². The van der Waals surface area contributed by atoms with Crippen LogP contribution < -0.4 is 0 Å². The first-order valence-electron chi connectivity index (χ1n) is 8.93. The number of carbonyl (C=O) groups is 2. The standard InChI is InChI=1S/C17H30N2O4/c1-16(2,3)22-14(20)18-11-19(15(21)23-17(4,5)6)13-10-8-7-9-12(13)18/h12-13H,7-11H2,1-6H3/t12-,13-/m1/s1/i11D. The molecular formula is C17H30N2O4. The number of ether oxygens (including phenoxy) is 2. The van der Waals surface area contributed by atoms with Crippen molar-refractivity contribution < 1.29 is 20.4 Å². The summed E-state index contributed by atoms with van der Waals surface area (Å²) >= 11 is 0. The van der Waals surface area contributed by atoms with Crippen molar-refractivity contribution in [2.24, 2.45) is 0 Å². The second-order valence-electron chi connectivity index (χ2n) is 8.31. The van der Waals surface area contributed by atoms with Gasteiger partial charge in [-0.15, -0.1) is 0 Å². The van der Waals surface area contributed by atoms with Crippen molar-refractivity contribution in [2.75, 3.05) is 6.64 Å². The molecule has 6 heteroatoms. The van der Waals surface area contributed by atoms with Gasteiger partial charge in [0.1, 0.15) is 17.8 Å². The minimum Gasteiger partial charge on any atom is -0.444 e. The van der Waals surface area contributed by atoms with Gasteiger partial charge in [0.15, 0.2) is 0 Å². The zero-order valence-corrected chi connectivity index (χ0v) is 15.1. The Morgan fingerprint density at radius 2 is 1.22 bits per heavy atom. The number of amides is 2. The average Bonchev–Trinajstić information content (AvgIpc) is 2.66. The molecule has 0 spiro atoms. The molecule has 0 unspecified atom stereocenters. The first-order chi connectivity index (χ1) is 10.9. The SMILES string of the molecule is [2H]C1N(C(=O)OC(C)(C)C)[C@@H]2CCCC[C@H]2N1C(=O)OC(C)(C)C. The third-order valence-corrected chi connectivity index (χ3v) is 3.87. The number of fused-ring (bicyclic) bond motifs is 1. The second-order valence-corrected chi connectivity index (χ2v) is 8.31. The van der Waals surface area contributed by atoms with Crippen LogP contribution in [0.4, 0.5) is 9.59 Å². The molecule has 0 aromatic carbocycles. The van der Waals surface area contributed by atoms with Gasteiger partial charge in [0.05, 0.1) is 13.5 Å². The Morgan fingerprint density at radius 1 is 0.870 bits per heavy atom. The molecule has 2 atom stereocenters. The van der Waals surface area contributed by atoms with Crippen LogP contribution in [0.25, 0.3) is 0 Å². The predicted octanol–water partition coefficient (Wildman–Crippen LogP) is 3.74. The molecule has 0 N–H and O–H groups in total. The third kappa shape index (κ3) is 4.52. The van der Waals surface area contributed by atoms with Gasteiger partial charge in [0.2, 0.25) is 0 Å². The lowest BCUT2D eigenvalue weighted by Crippen LogP contribution is -2.45. The van der Waals surface area contributed by atoms with E-state index in [0.29, 0.717) is 0 Å². The van der Waals surface area contributed by atoms with Crippen molar-refractivity contribution in [3.05, 3.63) is 0 Å². The number of rotatable bonds is 0. The highest BCUT2D eigenvalue weighted by atomic mass is 16.6. The van der Waals surface area contributed by atoms with E-state index in [4.69, 9.17) is 10.8 Å². The molecule has 0 aromatic heterocycles. The van der Waals surface area contributed by atoms with Crippen LogP contribution in [0.5, 0.6) is 0 Å². The van der Waals surface area contributed by atoms with Crippen molar-refractivity contribution in [3.63, 3.8) is 0 Å². The van der Waals surface area contributed by atoms with Crippen LogP contribution in [-0.2, 0) is 9.47 Å². The first-order valence-corrected chi connectivity index (χ1v) is 8.35. The quantitative estimate of drug-likeness (QED) is 0.680. The van der Waals surface area contributed by atoms with Crippen LogP contribution in [0, 0.1) is 0 Å². The van der Waals surface area contributed by atoms with E-state index in [9.17, 15) is 9.59 Å². The molecular weight excluding hydrogens is 296 g/mol. The Balaban J connectivity index is 2.24. The van der Waals surface area contributed by atoms with Crippen LogP contribution in [0.1, 0.15) is 68.6 Å². The summed E-state index contributed by atoms with van der Waals surface area (Å²) in [6.07, 6.45) is 2.44. The molecule has 6 nitrogen and oxygen atoms in total. The summed E-state index contributed by atoms with van der Waals surface area (Å²) in [6.45, 7) is 9.66. The molecule has 2 aliphatic rings. The maximum atomic E-state index is 12.6. The van der Waals surface area contributed by atoms with Crippen molar-refractivity contribution in [3.8, 4) is 0 Å². The van der Waals surface area contributed by atoms with E-state index < -0.39 is 30.0 Å². The van der Waals surface area contributed by atoms with E-state index in [1.807, 2.05) is 0 Å². The van der Waals surface area contributed by atoms with Crippen LogP contribution >= 0.6 is 0 Å². The molecule has 1 heterocycles. The van der Waals surface area contributed by atoms with Crippen LogP contribution in [-0.4, -0.2) is 51.9 Å². The topological polar surface area (TPSA) is 59.1 Å². The lowest BCUT2D eigenvalue weighted by atomic mass is 9.90.